The molecule has 0 atom stereocenters. The van der Waals surface area contributed by atoms with Crippen LogP contribution in [0.5, 0.6) is 0 Å². The SMILES string of the molecule is c1ccc2cc3c(cc2c1)oc1cccc(-c2nc(-c4ccc5c(ccc6ccccc65)c4)nc(-n4c5ccccc5c5ccc6ccccc6c54)n2)c13. The number of para-hydroxylation sites is 1. The molecule has 0 aliphatic heterocycles. The molecule has 12 aromatic rings. The van der Waals surface area contributed by atoms with Crippen molar-refractivity contribution in [2.24, 2.45) is 0 Å². The molecule has 0 saturated carbocycles. The van der Waals surface area contributed by atoms with Gasteiger partial charge in [-0.3, -0.25) is 4.57 Å². The lowest BCUT2D eigenvalue weighted by atomic mass is 10.00. The molecule has 0 aliphatic rings. The van der Waals surface area contributed by atoms with Crippen molar-refractivity contribution < 1.29 is 4.42 Å². The lowest BCUT2D eigenvalue weighted by molar-refractivity contribution is 0.669. The molecule has 0 amide bonds. The van der Waals surface area contributed by atoms with Gasteiger partial charge in [0.1, 0.15) is 11.2 Å². The van der Waals surface area contributed by atoms with Gasteiger partial charge in [-0.05, 0) is 68.0 Å². The average molecular weight is 689 g/mol. The second kappa shape index (κ2) is 11.1. The van der Waals surface area contributed by atoms with Crippen LogP contribution in [0.3, 0.4) is 0 Å². The lowest BCUT2D eigenvalue weighted by Gasteiger charge is -2.13. The quantitative estimate of drug-likeness (QED) is 0.173. The lowest BCUT2D eigenvalue weighted by Crippen LogP contribution is -2.06. The van der Waals surface area contributed by atoms with E-state index in [1.807, 2.05) is 12.1 Å². The molecule has 0 unspecified atom stereocenters. The summed E-state index contributed by atoms with van der Waals surface area (Å²) in [7, 11) is 0. The summed E-state index contributed by atoms with van der Waals surface area (Å²) in [5.74, 6) is 1.75. The number of hydrogen-bond acceptors (Lipinski definition) is 4. The van der Waals surface area contributed by atoms with Crippen molar-refractivity contribution in [2.45, 2.75) is 0 Å². The zero-order valence-corrected chi connectivity index (χ0v) is 28.9. The highest BCUT2D eigenvalue weighted by Gasteiger charge is 2.22. The first-order valence-corrected chi connectivity index (χ1v) is 18.2. The van der Waals surface area contributed by atoms with Crippen LogP contribution in [0.25, 0.3) is 116 Å². The summed E-state index contributed by atoms with van der Waals surface area (Å²) >= 11 is 0. The fraction of sp³-hybridized carbons (Fsp3) is 0. The van der Waals surface area contributed by atoms with E-state index in [0.717, 1.165) is 81.8 Å². The largest absolute Gasteiger partial charge is 0.456 e. The Bertz CT molecular complexity index is 3520. The maximum Gasteiger partial charge on any atom is 0.238 e. The normalized spacial score (nSPS) is 12.1. The number of aromatic nitrogens is 4. The van der Waals surface area contributed by atoms with Gasteiger partial charge in [0.15, 0.2) is 11.6 Å². The van der Waals surface area contributed by atoms with E-state index in [1.165, 1.54) is 16.2 Å². The number of rotatable bonds is 3. The molecule has 0 N–H and O–H groups in total. The highest BCUT2D eigenvalue weighted by atomic mass is 16.3. The van der Waals surface area contributed by atoms with Gasteiger partial charge in [0.25, 0.3) is 0 Å². The first-order chi connectivity index (χ1) is 26.7. The molecule has 0 fully saturated rings. The van der Waals surface area contributed by atoms with Crippen LogP contribution < -0.4 is 0 Å². The minimum absolute atomic E-state index is 0.561. The summed E-state index contributed by atoms with van der Waals surface area (Å²) in [4.78, 5) is 16.0. The van der Waals surface area contributed by atoms with Crippen molar-refractivity contribution >= 4 is 86.8 Å². The summed E-state index contributed by atoms with van der Waals surface area (Å²) in [5, 5.41) is 13.7. The van der Waals surface area contributed by atoms with E-state index in [-0.39, 0.29) is 0 Å². The van der Waals surface area contributed by atoms with Crippen LogP contribution in [0.4, 0.5) is 0 Å². The van der Waals surface area contributed by atoms with Gasteiger partial charge in [-0.1, -0.05) is 140 Å². The van der Waals surface area contributed by atoms with Gasteiger partial charge in [-0.2, -0.15) is 9.97 Å². The minimum atomic E-state index is 0.561. The fourth-order valence-electron chi connectivity index (χ4n) is 8.50. The van der Waals surface area contributed by atoms with E-state index in [2.05, 4.69) is 162 Å². The second-order valence-electron chi connectivity index (χ2n) is 14.0. The molecule has 54 heavy (non-hydrogen) atoms. The van der Waals surface area contributed by atoms with Crippen molar-refractivity contribution in [3.8, 4) is 28.7 Å². The molecular formula is C49H28N4O. The predicted molar refractivity (Wildman–Crippen MR) is 222 cm³/mol. The summed E-state index contributed by atoms with van der Waals surface area (Å²) in [5.41, 5.74) is 5.55. The van der Waals surface area contributed by atoms with Gasteiger partial charge in [-0.15, -0.1) is 0 Å². The number of fused-ring (bicyclic) bond motifs is 12. The highest BCUT2D eigenvalue weighted by Crippen LogP contribution is 2.40. The summed E-state index contributed by atoms with van der Waals surface area (Å²) < 4.78 is 8.73. The third-order valence-corrected chi connectivity index (χ3v) is 11.0. The second-order valence-corrected chi connectivity index (χ2v) is 14.0. The molecule has 0 spiro atoms. The molecule has 250 valence electrons. The Kier molecular flexibility index (Phi) is 5.99. The maximum absolute atomic E-state index is 6.51. The first kappa shape index (κ1) is 29.2. The van der Waals surface area contributed by atoms with Gasteiger partial charge in [0.05, 0.1) is 11.0 Å². The Morgan fingerprint density at radius 1 is 0.389 bits per heavy atom. The number of nitrogens with zero attached hydrogens (tertiary/aromatic N) is 4. The summed E-state index contributed by atoms with van der Waals surface area (Å²) in [6.07, 6.45) is 0. The summed E-state index contributed by atoms with van der Waals surface area (Å²) in [6, 6.07) is 59.8. The highest BCUT2D eigenvalue weighted by molar-refractivity contribution is 6.19. The molecule has 0 saturated heterocycles. The van der Waals surface area contributed by atoms with E-state index in [0.29, 0.717) is 17.6 Å². The Morgan fingerprint density at radius 2 is 1.04 bits per heavy atom. The van der Waals surface area contributed by atoms with Crippen molar-refractivity contribution in [1.29, 1.82) is 0 Å². The first-order valence-electron chi connectivity index (χ1n) is 18.2. The van der Waals surface area contributed by atoms with E-state index in [9.17, 15) is 0 Å². The van der Waals surface area contributed by atoms with Crippen LogP contribution in [-0.4, -0.2) is 19.5 Å². The van der Waals surface area contributed by atoms with Crippen LogP contribution in [0.1, 0.15) is 0 Å². The van der Waals surface area contributed by atoms with Gasteiger partial charge >= 0.3 is 0 Å². The van der Waals surface area contributed by atoms with E-state index in [4.69, 9.17) is 19.4 Å². The molecule has 0 radical (unpaired) electrons. The van der Waals surface area contributed by atoms with Crippen LogP contribution in [0.2, 0.25) is 0 Å². The minimum Gasteiger partial charge on any atom is -0.456 e. The molecule has 5 heteroatoms. The van der Waals surface area contributed by atoms with Crippen LogP contribution in [-0.2, 0) is 0 Å². The Labute approximate surface area is 308 Å². The molecule has 3 aromatic heterocycles. The van der Waals surface area contributed by atoms with E-state index >= 15 is 0 Å². The Morgan fingerprint density at radius 3 is 1.91 bits per heavy atom. The van der Waals surface area contributed by atoms with E-state index < -0.39 is 0 Å². The van der Waals surface area contributed by atoms with Gasteiger partial charge in [-0.25, -0.2) is 4.98 Å². The molecule has 3 heterocycles. The van der Waals surface area contributed by atoms with Gasteiger partial charge in [0, 0.05) is 38.1 Å². The molecule has 12 rings (SSSR count). The van der Waals surface area contributed by atoms with Crippen molar-refractivity contribution in [2.75, 3.05) is 0 Å². The third-order valence-electron chi connectivity index (χ3n) is 11.0. The molecule has 5 nitrogen and oxygen atoms in total. The Hall–Kier alpha value is -7.37. The smallest absolute Gasteiger partial charge is 0.238 e. The zero-order chi connectivity index (χ0) is 35.3. The van der Waals surface area contributed by atoms with Crippen LogP contribution in [0, 0.1) is 0 Å². The zero-order valence-electron chi connectivity index (χ0n) is 28.9. The van der Waals surface area contributed by atoms with Gasteiger partial charge in [0.2, 0.25) is 5.95 Å². The Balaban J connectivity index is 1.19. The topological polar surface area (TPSA) is 56.7 Å². The molecular weight excluding hydrogens is 661 g/mol. The van der Waals surface area contributed by atoms with Crippen molar-refractivity contribution in [3.63, 3.8) is 0 Å². The molecule has 9 aromatic carbocycles. The van der Waals surface area contributed by atoms with Crippen LogP contribution in [0.15, 0.2) is 174 Å². The average Bonchev–Trinajstić information content (AvgIpc) is 3.78. The monoisotopic (exact) mass is 688 g/mol. The number of furan rings is 1. The molecule has 0 bridgehead atoms. The van der Waals surface area contributed by atoms with Crippen LogP contribution >= 0.6 is 0 Å². The third kappa shape index (κ3) is 4.24. The maximum atomic E-state index is 6.51. The van der Waals surface area contributed by atoms with Crippen molar-refractivity contribution in [3.05, 3.63) is 170 Å². The fourth-order valence-corrected chi connectivity index (χ4v) is 8.50. The van der Waals surface area contributed by atoms with E-state index in [1.54, 1.807) is 0 Å². The summed E-state index contributed by atoms with van der Waals surface area (Å²) in [6.45, 7) is 0. The van der Waals surface area contributed by atoms with Crippen molar-refractivity contribution in [1.82, 2.24) is 19.5 Å². The predicted octanol–water partition coefficient (Wildman–Crippen LogP) is 12.8. The number of hydrogen-bond donors (Lipinski definition) is 0. The number of benzene rings is 9. The molecule has 0 aliphatic carbocycles. The van der Waals surface area contributed by atoms with Gasteiger partial charge < -0.3 is 4.42 Å². The standard InChI is InChI=1S/C49H28N4O/c1-2-13-32-28-44-41(27-31(32)12-1)45-40(17-9-19-43(45)54-44)48-50-47(34-23-24-36-33(26-34)21-20-29-10-3-5-14-35(29)36)51-49(52-48)53-42-18-8-7-16-38(42)39-25-22-30-11-4-6-15-37(30)46(39)53/h1-28H.